The largest absolute Gasteiger partial charge is 0.449 e. The third kappa shape index (κ3) is 4.10. The van der Waals surface area contributed by atoms with Crippen LogP contribution in [0.3, 0.4) is 0 Å². The molecule has 0 unspecified atom stereocenters. The van der Waals surface area contributed by atoms with Gasteiger partial charge in [-0.3, -0.25) is 0 Å². The van der Waals surface area contributed by atoms with E-state index in [-0.39, 0.29) is 6.09 Å². The number of carbonyl (C=O) groups is 1. The van der Waals surface area contributed by atoms with Crippen molar-refractivity contribution < 1.29 is 9.53 Å². The van der Waals surface area contributed by atoms with Crippen LogP contribution in [0.15, 0.2) is 0 Å². The molecular formula is C12H23NO2. The van der Waals surface area contributed by atoms with E-state index in [1.54, 1.807) is 4.90 Å². The molecule has 0 atom stereocenters. The Labute approximate surface area is 92.8 Å². The zero-order chi connectivity index (χ0) is 11.1. The fraction of sp³-hybridized carbons (Fsp3) is 0.917. The Morgan fingerprint density at radius 2 is 2.00 bits per heavy atom. The summed E-state index contributed by atoms with van der Waals surface area (Å²) in [5.74, 6) is 0. The molecule has 0 saturated heterocycles. The van der Waals surface area contributed by atoms with Crippen molar-refractivity contribution in [1.82, 2.24) is 4.90 Å². The molecule has 88 valence electrons. The van der Waals surface area contributed by atoms with Gasteiger partial charge in [-0.1, -0.05) is 32.6 Å². The lowest BCUT2D eigenvalue weighted by atomic mass is 9.95. The molecule has 1 aliphatic carbocycles. The third-order valence-corrected chi connectivity index (χ3v) is 3.13. The quantitative estimate of drug-likeness (QED) is 0.671. The van der Waals surface area contributed by atoms with Crippen molar-refractivity contribution in [2.75, 3.05) is 13.7 Å². The van der Waals surface area contributed by atoms with Crippen LogP contribution in [0, 0.1) is 0 Å². The average molecular weight is 213 g/mol. The Morgan fingerprint density at radius 1 is 1.33 bits per heavy atom. The zero-order valence-electron chi connectivity index (χ0n) is 10.00. The molecule has 0 N–H and O–H groups in total. The Bertz CT molecular complexity index is 188. The number of hydrogen-bond acceptors (Lipinski definition) is 2. The zero-order valence-corrected chi connectivity index (χ0v) is 10.00. The first-order valence-corrected chi connectivity index (χ1v) is 6.15. The molecule has 1 amide bonds. The van der Waals surface area contributed by atoms with E-state index in [2.05, 4.69) is 6.92 Å². The summed E-state index contributed by atoms with van der Waals surface area (Å²) in [6, 6.07) is 0.410. The van der Waals surface area contributed by atoms with E-state index in [1.807, 2.05) is 7.05 Å². The van der Waals surface area contributed by atoms with Gasteiger partial charge in [0.25, 0.3) is 0 Å². The highest BCUT2D eigenvalue weighted by Gasteiger charge is 2.22. The Kier molecular flexibility index (Phi) is 5.51. The summed E-state index contributed by atoms with van der Waals surface area (Å²) in [6.45, 7) is 2.66. The van der Waals surface area contributed by atoms with Crippen LogP contribution in [0.1, 0.15) is 51.9 Å². The van der Waals surface area contributed by atoms with Gasteiger partial charge in [-0.25, -0.2) is 4.79 Å². The lowest BCUT2D eigenvalue weighted by Gasteiger charge is -2.30. The summed E-state index contributed by atoms with van der Waals surface area (Å²) in [6.07, 6.45) is 7.98. The number of ether oxygens (including phenoxy) is 1. The molecule has 15 heavy (non-hydrogen) atoms. The van der Waals surface area contributed by atoms with E-state index in [4.69, 9.17) is 4.74 Å². The van der Waals surface area contributed by atoms with Gasteiger partial charge in [-0.15, -0.1) is 0 Å². The second-order valence-corrected chi connectivity index (χ2v) is 4.37. The first kappa shape index (κ1) is 12.3. The van der Waals surface area contributed by atoms with Crippen molar-refractivity contribution in [3.05, 3.63) is 0 Å². The van der Waals surface area contributed by atoms with Crippen LogP contribution >= 0.6 is 0 Å². The Balaban J connectivity index is 2.24. The monoisotopic (exact) mass is 213 g/mol. The second kappa shape index (κ2) is 6.70. The van der Waals surface area contributed by atoms with Crippen LogP contribution in [-0.4, -0.2) is 30.7 Å². The minimum absolute atomic E-state index is 0.143. The van der Waals surface area contributed by atoms with Gasteiger partial charge in [-0.2, -0.15) is 0 Å². The highest BCUT2D eigenvalue weighted by Crippen LogP contribution is 2.21. The minimum Gasteiger partial charge on any atom is -0.449 e. The van der Waals surface area contributed by atoms with Crippen molar-refractivity contribution in [2.24, 2.45) is 0 Å². The number of rotatable bonds is 4. The number of nitrogens with zero attached hydrogens (tertiary/aromatic N) is 1. The molecule has 1 fully saturated rings. The summed E-state index contributed by atoms with van der Waals surface area (Å²) in [5.41, 5.74) is 0. The highest BCUT2D eigenvalue weighted by molar-refractivity contribution is 5.67. The normalized spacial score (nSPS) is 17.5. The van der Waals surface area contributed by atoms with E-state index in [0.29, 0.717) is 12.6 Å². The van der Waals surface area contributed by atoms with E-state index in [9.17, 15) is 4.79 Å². The molecule has 0 aromatic rings. The summed E-state index contributed by atoms with van der Waals surface area (Å²) in [7, 11) is 1.87. The maximum Gasteiger partial charge on any atom is 0.409 e. The van der Waals surface area contributed by atoms with Gasteiger partial charge in [-0.05, 0) is 19.3 Å². The topological polar surface area (TPSA) is 29.5 Å². The van der Waals surface area contributed by atoms with E-state index < -0.39 is 0 Å². The predicted octanol–water partition coefficient (Wildman–Crippen LogP) is 3.19. The molecule has 0 bridgehead atoms. The predicted molar refractivity (Wildman–Crippen MR) is 60.9 cm³/mol. The van der Waals surface area contributed by atoms with Crippen molar-refractivity contribution in [1.29, 1.82) is 0 Å². The van der Waals surface area contributed by atoms with Crippen LogP contribution in [0.25, 0.3) is 0 Å². The minimum atomic E-state index is -0.143. The molecule has 1 aliphatic rings. The molecule has 1 saturated carbocycles. The Morgan fingerprint density at radius 3 is 2.60 bits per heavy atom. The van der Waals surface area contributed by atoms with Crippen LogP contribution < -0.4 is 0 Å². The molecule has 1 rings (SSSR count). The van der Waals surface area contributed by atoms with Crippen LogP contribution in [0.2, 0.25) is 0 Å². The van der Waals surface area contributed by atoms with Gasteiger partial charge >= 0.3 is 6.09 Å². The number of carbonyl (C=O) groups excluding carboxylic acids is 1. The molecule has 0 aromatic heterocycles. The first-order chi connectivity index (χ1) is 7.25. The van der Waals surface area contributed by atoms with Crippen molar-refractivity contribution in [3.8, 4) is 0 Å². The molecule has 0 aliphatic heterocycles. The van der Waals surface area contributed by atoms with Gasteiger partial charge in [0, 0.05) is 13.1 Å². The highest BCUT2D eigenvalue weighted by atomic mass is 16.6. The summed E-state index contributed by atoms with van der Waals surface area (Å²) in [4.78, 5) is 13.4. The van der Waals surface area contributed by atoms with Crippen molar-refractivity contribution >= 4 is 6.09 Å². The SMILES string of the molecule is CCCCOC(=O)N(C)C1CCCCC1. The maximum atomic E-state index is 11.6. The summed E-state index contributed by atoms with van der Waals surface area (Å²) < 4.78 is 5.18. The molecule has 0 radical (unpaired) electrons. The van der Waals surface area contributed by atoms with Crippen molar-refractivity contribution in [2.45, 2.75) is 57.9 Å². The third-order valence-electron chi connectivity index (χ3n) is 3.13. The van der Waals surface area contributed by atoms with E-state index in [0.717, 1.165) is 25.7 Å². The van der Waals surface area contributed by atoms with Gasteiger partial charge in [0.15, 0.2) is 0 Å². The van der Waals surface area contributed by atoms with Gasteiger partial charge in [0.2, 0.25) is 0 Å². The maximum absolute atomic E-state index is 11.6. The smallest absolute Gasteiger partial charge is 0.409 e. The summed E-state index contributed by atoms with van der Waals surface area (Å²) in [5, 5.41) is 0. The van der Waals surface area contributed by atoms with Crippen LogP contribution in [0.5, 0.6) is 0 Å². The molecular weight excluding hydrogens is 190 g/mol. The lowest BCUT2D eigenvalue weighted by Crippen LogP contribution is -2.38. The van der Waals surface area contributed by atoms with Gasteiger partial charge in [0.05, 0.1) is 6.61 Å². The van der Waals surface area contributed by atoms with E-state index in [1.165, 1.54) is 19.3 Å². The molecule has 3 nitrogen and oxygen atoms in total. The fourth-order valence-electron chi connectivity index (χ4n) is 2.02. The standard InChI is InChI=1S/C12H23NO2/c1-3-4-10-15-12(14)13(2)11-8-6-5-7-9-11/h11H,3-10H2,1-2H3. The average Bonchev–Trinajstić information content (AvgIpc) is 2.29. The molecule has 0 spiro atoms. The fourth-order valence-corrected chi connectivity index (χ4v) is 2.02. The number of hydrogen-bond donors (Lipinski definition) is 0. The van der Waals surface area contributed by atoms with Gasteiger partial charge < -0.3 is 9.64 Å². The second-order valence-electron chi connectivity index (χ2n) is 4.37. The van der Waals surface area contributed by atoms with Crippen LogP contribution in [-0.2, 0) is 4.74 Å². The van der Waals surface area contributed by atoms with Crippen molar-refractivity contribution in [3.63, 3.8) is 0 Å². The van der Waals surface area contributed by atoms with Crippen LogP contribution in [0.4, 0.5) is 4.79 Å². The lowest BCUT2D eigenvalue weighted by molar-refractivity contribution is 0.0880. The van der Waals surface area contributed by atoms with E-state index >= 15 is 0 Å². The molecule has 0 aromatic carbocycles. The number of amides is 1. The Hall–Kier alpha value is -0.730. The summed E-state index contributed by atoms with van der Waals surface area (Å²) >= 11 is 0. The molecule has 0 heterocycles. The molecule has 3 heteroatoms. The number of unbranched alkanes of at least 4 members (excludes halogenated alkanes) is 1. The first-order valence-electron chi connectivity index (χ1n) is 6.15. The van der Waals surface area contributed by atoms with Gasteiger partial charge in [0.1, 0.15) is 0 Å².